The van der Waals surface area contributed by atoms with Crippen LogP contribution in [0.4, 0.5) is 5.13 Å². The van der Waals surface area contributed by atoms with E-state index in [4.69, 9.17) is 14.2 Å². The van der Waals surface area contributed by atoms with Crippen LogP contribution >= 0.6 is 11.3 Å². The van der Waals surface area contributed by atoms with Gasteiger partial charge in [-0.1, -0.05) is 42.5 Å². The van der Waals surface area contributed by atoms with E-state index in [-0.39, 0.29) is 20.8 Å². The van der Waals surface area contributed by atoms with Gasteiger partial charge in [0, 0.05) is 6.42 Å². The maximum Gasteiger partial charge on any atom is 0.268 e. The molecule has 1 aromatic heterocycles. The van der Waals surface area contributed by atoms with Gasteiger partial charge in [0.2, 0.25) is 19.3 Å². The van der Waals surface area contributed by atoms with E-state index < -0.39 is 15.7 Å². The number of anilines is 1. The summed E-state index contributed by atoms with van der Waals surface area (Å²) in [6, 6.07) is 16.3. The first kappa shape index (κ1) is 26.7. The number of benzene rings is 2. The van der Waals surface area contributed by atoms with Crippen LogP contribution < -0.4 is 19.5 Å². The predicted octanol–water partition coefficient (Wildman–Crippen LogP) is 3.73. The number of para-hydroxylation sites is 1. The summed E-state index contributed by atoms with van der Waals surface area (Å²) >= 11 is 0.720. The monoisotopic (exact) mass is 528 g/mol. The summed E-state index contributed by atoms with van der Waals surface area (Å²) in [6.45, 7) is 2.38. The van der Waals surface area contributed by atoms with E-state index in [9.17, 15) is 18.5 Å². The zero-order valence-corrected chi connectivity index (χ0v) is 21.3. The van der Waals surface area contributed by atoms with E-state index in [2.05, 4.69) is 15.5 Å². The summed E-state index contributed by atoms with van der Waals surface area (Å²) in [5.41, 5.74) is 0.323. The second-order valence-electron chi connectivity index (χ2n) is 7.17. The number of carbonyl (C=O) groups is 1. The Morgan fingerprint density at radius 3 is 2.56 bits per heavy atom. The van der Waals surface area contributed by atoms with Crippen molar-refractivity contribution in [3.8, 4) is 23.3 Å². The van der Waals surface area contributed by atoms with Crippen LogP contribution in [0.3, 0.4) is 0 Å². The zero-order chi connectivity index (χ0) is 26.0. The topological polar surface area (TPSA) is 140 Å². The molecule has 2 aromatic carbocycles. The Morgan fingerprint density at radius 1 is 1.11 bits per heavy atom. The quantitative estimate of drug-likeness (QED) is 0.161. The number of sulfone groups is 1. The van der Waals surface area contributed by atoms with Crippen molar-refractivity contribution >= 4 is 38.3 Å². The lowest BCUT2D eigenvalue weighted by molar-refractivity contribution is -0.112. The van der Waals surface area contributed by atoms with Gasteiger partial charge in [0.25, 0.3) is 5.91 Å². The van der Waals surface area contributed by atoms with Crippen LogP contribution in [0.15, 0.2) is 58.4 Å². The highest BCUT2D eigenvalue weighted by Crippen LogP contribution is 2.29. The molecule has 0 saturated heterocycles. The molecule has 1 N–H and O–H groups in total. The molecule has 0 radical (unpaired) electrons. The summed E-state index contributed by atoms with van der Waals surface area (Å²) in [5, 5.41) is 19.1. The number of amides is 1. The van der Waals surface area contributed by atoms with Crippen LogP contribution in [-0.2, 0) is 14.6 Å². The molecule has 0 spiro atoms. The SMILES string of the molecule is CCS(=O)(=O)c1nnc(NC(=O)/C(C#N)=C\c2ccc(OCCCOc3ccccc3)c(OC)c2)s1. The normalized spacial score (nSPS) is 11.4. The van der Waals surface area contributed by atoms with Gasteiger partial charge >= 0.3 is 0 Å². The molecule has 0 unspecified atom stereocenters. The van der Waals surface area contributed by atoms with E-state index in [1.54, 1.807) is 18.2 Å². The van der Waals surface area contributed by atoms with Gasteiger partial charge in [0.1, 0.15) is 17.4 Å². The maximum atomic E-state index is 12.5. The van der Waals surface area contributed by atoms with Crippen molar-refractivity contribution in [2.75, 3.05) is 31.4 Å². The Bertz CT molecular complexity index is 1360. The molecular weight excluding hydrogens is 504 g/mol. The van der Waals surface area contributed by atoms with Gasteiger partial charge in [-0.3, -0.25) is 10.1 Å². The van der Waals surface area contributed by atoms with Crippen molar-refractivity contribution in [1.82, 2.24) is 10.2 Å². The number of methoxy groups -OCH3 is 1. The molecule has 0 aliphatic carbocycles. The van der Waals surface area contributed by atoms with Gasteiger partial charge in [0.05, 0.1) is 26.1 Å². The molecule has 12 heteroatoms. The highest BCUT2D eigenvalue weighted by molar-refractivity contribution is 7.93. The fraction of sp³-hybridized carbons (Fsp3) is 0.250. The Hall–Kier alpha value is -3.95. The highest BCUT2D eigenvalue weighted by atomic mass is 32.2. The molecule has 188 valence electrons. The number of carbonyl (C=O) groups excluding carboxylic acids is 1. The standard InChI is InChI=1S/C24H24N4O6S2/c1-3-36(30,31)24-28-27-23(35-24)26-22(29)18(16-25)14-17-10-11-20(21(15-17)32-2)34-13-7-12-33-19-8-5-4-6-9-19/h4-6,8-11,14-15H,3,7,12-13H2,1-2H3,(H,26,27,29)/b18-14-. The van der Waals surface area contributed by atoms with E-state index >= 15 is 0 Å². The average Bonchev–Trinajstić information content (AvgIpc) is 3.37. The summed E-state index contributed by atoms with van der Waals surface area (Å²) in [6.07, 6.45) is 2.03. The number of nitrogens with one attached hydrogen (secondary N) is 1. The van der Waals surface area contributed by atoms with Gasteiger partial charge in [-0.15, -0.1) is 10.2 Å². The number of aromatic nitrogens is 2. The third-order valence-electron chi connectivity index (χ3n) is 4.69. The van der Waals surface area contributed by atoms with E-state index in [0.29, 0.717) is 36.7 Å². The Labute approximate surface area is 213 Å². The van der Waals surface area contributed by atoms with E-state index in [1.165, 1.54) is 20.1 Å². The first-order valence-corrected chi connectivity index (χ1v) is 13.3. The molecule has 0 bridgehead atoms. The Morgan fingerprint density at radius 2 is 1.86 bits per heavy atom. The molecule has 0 fully saturated rings. The summed E-state index contributed by atoms with van der Waals surface area (Å²) in [7, 11) is -2.05. The molecule has 0 atom stereocenters. The minimum atomic E-state index is -3.54. The number of nitrogens with zero attached hydrogens (tertiary/aromatic N) is 3. The van der Waals surface area contributed by atoms with E-state index in [1.807, 2.05) is 36.4 Å². The van der Waals surface area contributed by atoms with Gasteiger partial charge < -0.3 is 14.2 Å². The van der Waals surface area contributed by atoms with Gasteiger partial charge in [-0.25, -0.2) is 8.42 Å². The second-order valence-corrected chi connectivity index (χ2v) is 10.6. The molecule has 3 rings (SSSR count). The van der Waals surface area contributed by atoms with Crippen LogP contribution in [0.5, 0.6) is 17.2 Å². The minimum absolute atomic E-state index is 0.0225. The molecule has 0 saturated carbocycles. The third-order valence-corrected chi connectivity index (χ3v) is 7.71. The molecule has 0 aliphatic heterocycles. The van der Waals surface area contributed by atoms with Gasteiger partial charge in [-0.2, -0.15) is 5.26 Å². The van der Waals surface area contributed by atoms with Crippen LogP contribution in [0, 0.1) is 11.3 Å². The number of hydrogen-bond acceptors (Lipinski definition) is 10. The average molecular weight is 529 g/mol. The molecule has 0 aliphatic rings. The first-order chi connectivity index (χ1) is 17.4. The molecule has 1 heterocycles. The van der Waals surface area contributed by atoms with Crippen molar-refractivity contribution in [1.29, 1.82) is 5.26 Å². The lowest BCUT2D eigenvalue weighted by Gasteiger charge is -2.12. The van der Waals surface area contributed by atoms with Crippen LogP contribution in [0.2, 0.25) is 0 Å². The van der Waals surface area contributed by atoms with Crippen LogP contribution in [-0.4, -0.2) is 50.6 Å². The fourth-order valence-electron chi connectivity index (χ4n) is 2.83. The fourth-order valence-corrected chi connectivity index (χ4v) is 4.81. The zero-order valence-electron chi connectivity index (χ0n) is 19.6. The summed E-state index contributed by atoms with van der Waals surface area (Å²) < 4.78 is 40.4. The molecule has 36 heavy (non-hydrogen) atoms. The predicted molar refractivity (Wildman–Crippen MR) is 135 cm³/mol. The van der Waals surface area contributed by atoms with Gasteiger partial charge in [0.15, 0.2) is 11.5 Å². The number of nitriles is 1. The molecular formula is C24H24N4O6S2. The highest BCUT2D eigenvalue weighted by Gasteiger charge is 2.20. The second kappa shape index (κ2) is 12.7. The van der Waals surface area contributed by atoms with Crippen molar-refractivity contribution in [2.45, 2.75) is 17.7 Å². The van der Waals surface area contributed by atoms with Crippen LogP contribution in [0.25, 0.3) is 6.08 Å². The number of hydrogen-bond donors (Lipinski definition) is 1. The Kier molecular flexibility index (Phi) is 9.38. The van der Waals surface area contributed by atoms with Crippen molar-refractivity contribution in [3.05, 3.63) is 59.7 Å². The third kappa shape index (κ3) is 7.27. The molecule has 1 amide bonds. The van der Waals surface area contributed by atoms with Crippen molar-refractivity contribution in [3.63, 3.8) is 0 Å². The molecule has 10 nitrogen and oxygen atoms in total. The molecule has 3 aromatic rings. The summed E-state index contributed by atoms with van der Waals surface area (Å²) in [4.78, 5) is 12.5. The minimum Gasteiger partial charge on any atom is -0.493 e. The van der Waals surface area contributed by atoms with Crippen molar-refractivity contribution < 1.29 is 27.4 Å². The lowest BCUT2D eigenvalue weighted by Crippen LogP contribution is -2.13. The summed E-state index contributed by atoms with van der Waals surface area (Å²) in [5.74, 6) is 0.856. The van der Waals surface area contributed by atoms with Gasteiger partial charge in [-0.05, 0) is 35.9 Å². The largest absolute Gasteiger partial charge is 0.493 e. The number of rotatable bonds is 12. The first-order valence-electron chi connectivity index (χ1n) is 10.8. The smallest absolute Gasteiger partial charge is 0.268 e. The van der Waals surface area contributed by atoms with Crippen molar-refractivity contribution in [2.24, 2.45) is 0 Å². The van der Waals surface area contributed by atoms with E-state index in [0.717, 1.165) is 17.1 Å². The van der Waals surface area contributed by atoms with Crippen LogP contribution in [0.1, 0.15) is 18.9 Å². The lowest BCUT2D eigenvalue weighted by atomic mass is 10.1. The number of ether oxygens (including phenoxy) is 3. The Balaban J connectivity index is 1.61. The maximum absolute atomic E-state index is 12.5.